The molecule has 1 aromatic rings. The number of carbonyl (C=O) groups excluding carboxylic acids is 1. The molecule has 2 rings (SSSR count). The van der Waals surface area contributed by atoms with Crippen molar-refractivity contribution in [2.45, 2.75) is 38.6 Å². The van der Waals surface area contributed by atoms with Gasteiger partial charge in [-0.2, -0.15) is 5.10 Å². The van der Waals surface area contributed by atoms with E-state index in [1.54, 1.807) is 0 Å². The Bertz CT molecular complexity index is 480. The molecule has 0 radical (unpaired) electrons. The molecule has 1 amide bonds. The number of rotatable bonds is 4. The highest BCUT2D eigenvalue weighted by molar-refractivity contribution is 5.98. The predicted molar refractivity (Wildman–Crippen MR) is 79.7 cm³/mol. The number of hydrogen-bond donors (Lipinski definition) is 2. The first-order chi connectivity index (χ1) is 9.41. The van der Waals surface area contributed by atoms with Crippen LogP contribution in [-0.4, -0.2) is 59.1 Å². The number of nitrogens with two attached hydrogens (primary N) is 1. The summed E-state index contributed by atoms with van der Waals surface area (Å²) in [7, 11) is 4.06. The van der Waals surface area contributed by atoms with Crippen LogP contribution in [0.5, 0.6) is 0 Å². The van der Waals surface area contributed by atoms with Gasteiger partial charge in [-0.3, -0.25) is 9.89 Å². The Morgan fingerprint density at radius 1 is 1.55 bits per heavy atom. The van der Waals surface area contributed by atoms with Gasteiger partial charge in [0.25, 0.3) is 5.91 Å². The van der Waals surface area contributed by atoms with Gasteiger partial charge in [0, 0.05) is 19.1 Å². The summed E-state index contributed by atoms with van der Waals surface area (Å²) in [5.74, 6) is 0.190. The molecule has 3 N–H and O–H groups in total. The van der Waals surface area contributed by atoms with Gasteiger partial charge in [0.2, 0.25) is 0 Å². The lowest BCUT2D eigenvalue weighted by Crippen LogP contribution is -2.41. The lowest BCUT2D eigenvalue weighted by molar-refractivity contribution is 0.0711. The second-order valence-electron chi connectivity index (χ2n) is 6.11. The number of likely N-dealkylation sites (N-methyl/N-ethyl adjacent to an activating group) is 1. The minimum absolute atomic E-state index is 0.0463. The fraction of sp³-hybridized carbons (Fsp3) is 0.714. The molecule has 6 nitrogen and oxygen atoms in total. The molecule has 1 aromatic heterocycles. The molecule has 0 spiro atoms. The molecule has 1 saturated heterocycles. The average Bonchev–Trinajstić information content (AvgIpc) is 2.94. The van der Waals surface area contributed by atoms with E-state index >= 15 is 0 Å². The molecule has 0 saturated carbocycles. The van der Waals surface area contributed by atoms with Crippen molar-refractivity contribution >= 4 is 11.6 Å². The van der Waals surface area contributed by atoms with Crippen molar-refractivity contribution in [3.63, 3.8) is 0 Å². The summed E-state index contributed by atoms with van der Waals surface area (Å²) in [5, 5.41) is 7.04. The van der Waals surface area contributed by atoms with Gasteiger partial charge in [0.1, 0.15) is 0 Å². The summed E-state index contributed by atoms with van der Waals surface area (Å²) in [6.45, 7) is 5.74. The van der Waals surface area contributed by atoms with Gasteiger partial charge >= 0.3 is 0 Å². The Morgan fingerprint density at radius 3 is 2.80 bits per heavy atom. The van der Waals surface area contributed by atoms with Gasteiger partial charge < -0.3 is 15.5 Å². The zero-order valence-electron chi connectivity index (χ0n) is 12.8. The number of hydrogen-bond acceptors (Lipinski definition) is 4. The monoisotopic (exact) mass is 279 g/mol. The van der Waals surface area contributed by atoms with Gasteiger partial charge in [-0.05, 0) is 32.9 Å². The Morgan fingerprint density at radius 2 is 2.25 bits per heavy atom. The van der Waals surface area contributed by atoms with E-state index < -0.39 is 0 Å². The van der Waals surface area contributed by atoms with Crippen molar-refractivity contribution in [2.75, 3.05) is 32.9 Å². The molecule has 1 aliphatic rings. The van der Waals surface area contributed by atoms with Gasteiger partial charge in [-0.1, -0.05) is 13.8 Å². The van der Waals surface area contributed by atoms with Crippen LogP contribution < -0.4 is 5.73 Å². The van der Waals surface area contributed by atoms with Crippen LogP contribution in [0.4, 0.5) is 5.69 Å². The fourth-order valence-electron chi connectivity index (χ4n) is 2.82. The zero-order valence-corrected chi connectivity index (χ0v) is 12.8. The van der Waals surface area contributed by atoms with E-state index in [9.17, 15) is 4.79 Å². The zero-order chi connectivity index (χ0) is 14.9. The molecule has 1 aliphatic heterocycles. The largest absolute Gasteiger partial charge is 0.395 e. The van der Waals surface area contributed by atoms with E-state index in [0.717, 1.165) is 31.6 Å². The first kappa shape index (κ1) is 14.8. The molecule has 0 aliphatic carbocycles. The number of nitrogen functional groups attached to an aromatic ring is 1. The van der Waals surface area contributed by atoms with E-state index in [0.29, 0.717) is 11.4 Å². The molecule has 20 heavy (non-hydrogen) atoms. The maximum atomic E-state index is 12.6. The molecule has 0 aromatic carbocycles. The standard InChI is InChI=1S/C14H25N5O/c1-9(2)12-11(15)13(17-16-12)14(20)19-7-5-6-10(19)8-18(3)4/h9-10H,5-8,15H2,1-4H3,(H,16,17). The smallest absolute Gasteiger partial charge is 0.276 e. The Labute approximate surface area is 120 Å². The van der Waals surface area contributed by atoms with Crippen LogP contribution in [0.2, 0.25) is 0 Å². The molecular weight excluding hydrogens is 254 g/mol. The van der Waals surface area contributed by atoms with Gasteiger partial charge in [0.15, 0.2) is 5.69 Å². The van der Waals surface area contributed by atoms with Crippen molar-refractivity contribution in [2.24, 2.45) is 0 Å². The SMILES string of the molecule is CC(C)c1[nH]nc(C(=O)N2CCCC2CN(C)C)c1N. The first-order valence-corrected chi connectivity index (χ1v) is 7.21. The Hall–Kier alpha value is -1.56. The molecule has 1 atom stereocenters. The topological polar surface area (TPSA) is 78.2 Å². The lowest BCUT2D eigenvalue weighted by Gasteiger charge is -2.26. The van der Waals surface area contributed by atoms with Crippen LogP contribution in [0.15, 0.2) is 0 Å². The number of nitrogens with zero attached hydrogens (tertiary/aromatic N) is 3. The summed E-state index contributed by atoms with van der Waals surface area (Å²) in [5.41, 5.74) is 7.79. The third-order valence-corrected chi connectivity index (χ3v) is 3.83. The highest BCUT2D eigenvalue weighted by Crippen LogP contribution is 2.26. The Balaban J connectivity index is 2.18. The maximum absolute atomic E-state index is 12.6. The van der Waals surface area contributed by atoms with Gasteiger partial charge in [0.05, 0.1) is 11.4 Å². The molecule has 112 valence electrons. The van der Waals surface area contributed by atoms with E-state index in [1.165, 1.54) is 0 Å². The first-order valence-electron chi connectivity index (χ1n) is 7.21. The van der Waals surface area contributed by atoms with Crippen LogP contribution in [0, 0.1) is 0 Å². The summed E-state index contributed by atoms with van der Waals surface area (Å²) < 4.78 is 0. The van der Waals surface area contributed by atoms with Crippen molar-refractivity contribution in [3.05, 3.63) is 11.4 Å². The summed E-state index contributed by atoms with van der Waals surface area (Å²) in [6.07, 6.45) is 2.09. The number of anilines is 1. The van der Waals surface area contributed by atoms with Crippen LogP contribution >= 0.6 is 0 Å². The molecule has 1 unspecified atom stereocenters. The van der Waals surface area contributed by atoms with Gasteiger partial charge in [-0.25, -0.2) is 0 Å². The molecular formula is C14H25N5O. The number of nitrogens with one attached hydrogen (secondary N) is 1. The molecule has 0 bridgehead atoms. The number of H-pyrrole nitrogens is 1. The highest BCUT2D eigenvalue weighted by Gasteiger charge is 2.32. The van der Waals surface area contributed by atoms with E-state index in [2.05, 4.69) is 15.1 Å². The normalized spacial score (nSPS) is 19.3. The second kappa shape index (κ2) is 5.83. The molecule has 6 heteroatoms. The fourth-order valence-corrected chi connectivity index (χ4v) is 2.82. The van der Waals surface area contributed by atoms with Crippen molar-refractivity contribution in [1.82, 2.24) is 20.0 Å². The van der Waals surface area contributed by atoms with E-state index in [4.69, 9.17) is 5.73 Å². The number of amides is 1. The second-order valence-corrected chi connectivity index (χ2v) is 6.11. The van der Waals surface area contributed by atoms with Crippen molar-refractivity contribution in [3.8, 4) is 0 Å². The van der Waals surface area contributed by atoms with E-state index in [-0.39, 0.29) is 17.9 Å². The van der Waals surface area contributed by atoms with E-state index in [1.807, 2.05) is 32.8 Å². The predicted octanol–water partition coefficient (Wildman–Crippen LogP) is 1.28. The minimum Gasteiger partial charge on any atom is -0.395 e. The third-order valence-electron chi connectivity index (χ3n) is 3.83. The number of aromatic amines is 1. The van der Waals surface area contributed by atoms with Crippen LogP contribution in [-0.2, 0) is 0 Å². The maximum Gasteiger partial charge on any atom is 0.276 e. The number of carbonyl (C=O) groups is 1. The summed E-state index contributed by atoms with van der Waals surface area (Å²) in [6, 6.07) is 0.260. The quantitative estimate of drug-likeness (QED) is 0.870. The summed E-state index contributed by atoms with van der Waals surface area (Å²) in [4.78, 5) is 16.7. The van der Waals surface area contributed by atoms with Crippen LogP contribution in [0.3, 0.4) is 0 Å². The Kier molecular flexibility index (Phi) is 4.32. The van der Waals surface area contributed by atoms with Crippen molar-refractivity contribution in [1.29, 1.82) is 0 Å². The molecule has 2 heterocycles. The van der Waals surface area contributed by atoms with Crippen LogP contribution in [0.25, 0.3) is 0 Å². The average molecular weight is 279 g/mol. The summed E-state index contributed by atoms with van der Waals surface area (Å²) >= 11 is 0. The van der Waals surface area contributed by atoms with Crippen molar-refractivity contribution < 1.29 is 4.79 Å². The lowest BCUT2D eigenvalue weighted by atomic mass is 10.1. The highest BCUT2D eigenvalue weighted by atomic mass is 16.2. The van der Waals surface area contributed by atoms with Crippen LogP contribution in [0.1, 0.15) is 48.8 Å². The number of aromatic nitrogens is 2. The van der Waals surface area contributed by atoms with Gasteiger partial charge in [-0.15, -0.1) is 0 Å². The number of likely N-dealkylation sites (tertiary alicyclic amines) is 1. The minimum atomic E-state index is -0.0463. The third kappa shape index (κ3) is 2.80. The molecule has 1 fully saturated rings.